The van der Waals surface area contributed by atoms with Gasteiger partial charge in [-0.05, 0) is 45.0 Å². The predicted octanol–water partition coefficient (Wildman–Crippen LogP) is 3.49. The zero-order valence-electron chi connectivity index (χ0n) is 16.2. The average molecular weight is 370 g/mol. The van der Waals surface area contributed by atoms with Gasteiger partial charge in [-0.1, -0.05) is 24.3 Å². The van der Waals surface area contributed by atoms with Crippen LogP contribution in [-0.2, 0) is 4.74 Å². The molecule has 0 aliphatic carbocycles. The second kappa shape index (κ2) is 9.19. The quantitative estimate of drug-likeness (QED) is 0.732. The molecule has 0 aromatic heterocycles. The molecule has 2 N–H and O–H groups in total. The van der Waals surface area contributed by atoms with E-state index in [4.69, 9.17) is 9.47 Å². The van der Waals surface area contributed by atoms with Gasteiger partial charge in [-0.25, -0.2) is 0 Å². The number of benzene rings is 2. The summed E-state index contributed by atoms with van der Waals surface area (Å²) in [5, 5.41) is 5.72. The van der Waals surface area contributed by atoms with Gasteiger partial charge in [-0.3, -0.25) is 9.59 Å². The molecule has 2 aromatic rings. The van der Waals surface area contributed by atoms with E-state index in [2.05, 4.69) is 10.6 Å². The minimum absolute atomic E-state index is 0.247. The van der Waals surface area contributed by atoms with E-state index in [-0.39, 0.29) is 17.4 Å². The van der Waals surface area contributed by atoms with Gasteiger partial charge >= 0.3 is 0 Å². The number of amides is 2. The molecular weight excluding hydrogens is 344 g/mol. The number of anilines is 1. The van der Waals surface area contributed by atoms with Gasteiger partial charge in [0.25, 0.3) is 11.8 Å². The molecule has 6 heteroatoms. The number of nitrogens with one attached hydrogen (secondary N) is 2. The highest BCUT2D eigenvalue weighted by Crippen LogP contribution is 2.22. The lowest BCUT2D eigenvalue weighted by atomic mass is 10.1. The first-order valence-corrected chi connectivity index (χ1v) is 8.75. The monoisotopic (exact) mass is 370 g/mol. The zero-order chi connectivity index (χ0) is 19.9. The standard InChI is InChI=1S/C21H26N2O4/c1-21(2,3)23-20(25)15-9-5-7-11-17(15)22-19(24)16-10-6-8-12-18(16)27-14-13-26-4/h5-12H,13-14H2,1-4H3,(H,22,24)(H,23,25). The van der Waals surface area contributed by atoms with E-state index in [1.165, 1.54) is 0 Å². The fourth-order valence-corrected chi connectivity index (χ4v) is 2.40. The molecule has 2 aromatic carbocycles. The number of rotatable bonds is 7. The zero-order valence-corrected chi connectivity index (χ0v) is 16.2. The summed E-state index contributed by atoms with van der Waals surface area (Å²) in [4.78, 5) is 25.3. The molecule has 0 atom stereocenters. The van der Waals surface area contributed by atoms with E-state index in [0.29, 0.717) is 35.8 Å². The Bertz CT molecular complexity index is 797. The lowest BCUT2D eigenvalue weighted by Crippen LogP contribution is -2.40. The van der Waals surface area contributed by atoms with Crippen LogP contribution in [0.4, 0.5) is 5.69 Å². The molecule has 27 heavy (non-hydrogen) atoms. The van der Waals surface area contributed by atoms with Crippen molar-refractivity contribution >= 4 is 17.5 Å². The van der Waals surface area contributed by atoms with E-state index in [0.717, 1.165) is 0 Å². The summed E-state index contributed by atoms with van der Waals surface area (Å²) in [6.07, 6.45) is 0. The van der Waals surface area contributed by atoms with Crippen molar-refractivity contribution in [3.05, 3.63) is 59.7 Å². The molecule has 0 unspecified atom stereocenters. The van der Waals surface area contributed by atoms with E-state index in [1.54, 1.807) is 55.6 Å². The van der Waals surface area contributed by atoms with Crippen LogP contribution in [0.5, 0.6) is 5.75 Å². The van der Waals surface area contributed by atoms with Gasteiger partial charge in [0.2, 0.25) is 0 Å². The summed E-state index contributed by atoms with van der Waals surface area (Å²) in [5.74, 6) is -0.134. The van der Waals surface area contributed by atoms with Gasteiger partial charge in [0, 0.05) is 12.6 Å². The Balaban J connectivity index is 2.21. The van der Waals surface area contributed by atoms with Crippen molar-refractivity contribution in [2.45, 2.75) is 26.3 Å². The highest BCUT2D eigenvalue weighted by atomic mass is 16.5. The number of carbonyl (C=O) groups excluding carboxylic acids is 2. The summed E-state index contributed by atoms with van der Waals surface area (Å²) >= 11 is 0. The Morgan fingerprint density at radius 2 is 1.52 bits per heavy atom. The van der Waals surface area contributed by atoms with E-state index < -0.39 is 0 Å². The summed E-state index contributed by atoms with van der Waals surface area (Å²) in [6.45, 7) is 6.47. The summed E-state index contributed by atoms with van der Waals surface area (Å²) in [7, 11) is 1.58. The Morgan fingerprint density at radius 1 is 0.889 bits per heavy atom. The predicted molar refractivity (Wildman–Crippen MR) is 105 cm³/mol. The van der Waals surface area contributed by atoms with Gasteiger partial charge in [0.1, 0.15) is 12.4 Å². The molecule has 0 saturated carbocycles. The van der Waals surface area contributed by atoms with Crippen molar-refractivity contribution < 1.29 is 19.1 Å². The van der Waals surface area contributed by atoms with Crippen LogP contribution in [0.1, 0.15) is 41.5 Å². The first-order valence-electron chi connectivity index (χ1n) is 8.75. The number of hydrogen-bond donors (Lipinski definition) is 2. The van der Waals surface area contributed by atoms with E-state index >= 15 is 0 Å². The van der Waals surface area contributed by atoms with Gasteiger partial charge in [-0.15, -0.1) is 0 Å². The Kier molecular flexibility index (Phi) is 6.96. The molecule has 0 saturated heterocycles. The maximum atomic E-state index is 12.8. The molecular formula is C21H26N2O4. The molecule has 2 amide bonds. The maximum Gasteiger partial charge on any atom is 0.259 e. The smallest absolute Gasteiger partial charge is 0.259 e. The fraction of sp³-hybridized carbons (Fsp3) is 0.333. The Labute approximate surface area is 159 Å². The third-order valence-corrected chi connectivity index (χ3v) is 3.59. The highest BCUT2D eigenvalue weighted by Gasteiger charge is 2.20. The van der Waals surface area contributed by atoms with Crippen LogP contribution in [0.25, 0.3) is 0 Å². The van der Waals surface area contributed by atoms with Crippen molar-refractivity contribution in [2.24, 2.45) is 0 Å². The van der Waals surface area contributed by atoms with Gasteiger partial charge in [0.05, 0.1) is 23.4 Å². The molecule has 0 aliphatic rings. The number of methoxy groups -OCH3 is 1. The van der Waals surface area contributed by atoms with Crippen LogP contribution in [0.3, 0.4) is 0 Å². The molecule has 0 fully saturated rings. The molecule has 144 valence electrons. The van der Waals surface area contributed by atoms with Crippen LogP contribution >= 0.6 is 0 Å². The number of ether oxygens (including phenoxy) is 2. The lowest BCUT2D eigenvalue weighted by molar-refractivity contribution is 0.0920. The van der Waals surface area contributed by atoms with Crippen molar-refractivity contribution in [1.29, 1.82) is 0 Å². The summed E-state index contributed by atoms with van der Waals surface area (Å²) in [5.41, 5.74) is 0.852. The van der Waals surface area contributed by atoms with Crippen molar-refractivity contribution in [1.82, 2.24) is 5.32 Å². The molecule has 0 radical (unpaired) electrons. The topological polar surface area (TPSA) is 76.7 Å². The fourth-order valence-electron chi connectivity index (χ4n) is 2.40. The average Bonchev–Trinajstić information content (AvgIpc) is 2.61. The largest absolute Gasteiger partial charge is 0.490 e. The van der Waals surface area contributed by atoms with Crippen molar-refractivity contribution in [3.63, 3.8) is 0 Å². The van der Waals surface area contributed by atoms with Crippen LogP contribution in [0, 0.1) is 0 Å². The summed E-state index contributed by atoms with van der Waals surface area (Å²) in [6, 6.07) is 13.9. The van der Waals surface area contributed by atoms with E-state index in [9.17, 15) is 9.59 Å². The minimum Gasteiger partial charge on any atom is -0.490 e. The second-order valence-corrected chi connectivity index (χ2v) is 7.04. The van der Waals surface area contributed by atoms with Crippen LogP contribution in [-0.4, -0.2) is 37.7 Å². The Hall–Kier alpha value is -2.86. The molecule has 2 rings (SSSR count). The first kappa shape index (κ1) is 20.5. The van der Waals surface area contributed by atoms with Crippen LogP contribution in [0.15, 0.2) is 48.5 Å². The second-order valence-electron chi connectivity index (χ2n) is 7.04. The molecule has 0 bridgehead atoms. The number of hydrogen-bond acceptors (Lipinski definition) is 4. The normalized spacial score (nSPS) is 11.0. The lowest BCUT2D eigenvalue weighted by Gasteiger charge is -2.21. The van der Waals surface area contributed by atoms with Crippen LogP contribution < -0.4 is 15.4 Å². The number of para-hydroxylation sites is 2. The molecule has 0 spiro atoms. The third kappa shape index (κ3) is 6.11. The van der Waals surface area contributed by atoms with Gasteiger partial charge in [0.15, 0.2) is 0 Å². The third-order valence-electron chi connectivity index (χ3n) is 3.59. The van der Waals surface area contributed by atoms with Gasteiger partial charge < -0.3 is 20.1 Å². The molecule has 6 nitrogen and oxygen atoms in total. The van der Waals surface area contributed by atoms with Crippen molar-refractivity contribution in [3.8, 4) is 5.75 Å². The van der Waals surface area contributed by atoms with Crippen LogP contribution in [0.2, 0.25) is 0 Å². The van der Waals surface area contributed by atoms with Gasteiger partial charge in [-0.2, -0.15) is 0 Å². The molecule has 0 aliphatic heterocycles. The summed E-state index contributed by atoms with van der Waals surface area (Å²) < 4.78 is 10.6. The molecule has 0 heterocycles. The minimum atomic E-state index is -0.379. The van der Waals surface area contributed by atoms with E-state index in [1.807, 2.05) is 20.8 Å². The van der Waals surface area contributed by atoms with Crippen molar-refractivity contribution in [2.75, 3.05) is 25.6 Å². The number of carbonyl (C=O) groups is 2. The highest BCUT2D eigenvalue weighted by molar-refractivity contribution is 6.10. The Morgan fingerprint density at radius 3 is 2.19 bits per heavy atom. The SMILES string of the molecule is COCCOc1ccccc1C(=O)Nc1ccccc1C(=O)NC(C)(C)C. The maximum absolute atomic E-state index is 12.8. The first-order chi connectivity index (χ1) is 12.8.